The molecule has 0 saturated carbocycles. The van der Waals surface area contributed by atoms with Crippen LogP contribution in [0.25, 0.3) is 33.8 Å². The molecule has 1 atom stereocenters. The maximum absolute atomic E-state index is 12.4. The maximum atomic E-state index is 12.4. The van der Waals surface area contributed by atoms with Gasteiger partial charge in [0.05, 0.1) is 16.8 Å². The number of thiazole rings is 2. The molecule has 30 heteroatoms. The molecule has 2 aliphatic rings. The van der Waals surface area contributed by atoms with Gasteiger partial charge in [-0.1, -0.05) is 159 Å². The predicted octanol–water partition coefficient (Wildman–Crippen LogP) is 20.9. The fourth-order valence-electron chi connectivity index (χ4n) is 16.2. The Morgan fingerprint density at radius 2 is 0.857 bits per heavy atom. The number of pyridine rings is 9. The van der Waals surface area contributed by atoms with Gasteiger partial charge in [-0.3, -0.25) is 66.0 Å². The van der Waals surface area contributed by atoms with Crippen molar-refractivity contribution < 1.29 is 18.7 Å². The monoisotopic (exact) mass is 1960 g/mol. The molecular formula is C110H144ClN17O10S2. The first-order chi connectivity index (χ1) is 66.3. The Bertz CT molecular complexity index is 6580. The van der Waals surface area contributed by atoms with E-state index in [-0.39, 0.29) is 45.4 Å². The van der Waals surface area contributed by atoms with E-state index in [0.29, 0.717) is 93.3 Å². The number of hydrogen-bond acceptors (Lipinski definition) is 21. The molecule has 0 aliphatic carbocycles. The smallest absolute Gasteiger partial charge is 0.308 e. The summed E-state index contributed by atoms with van der Waals surface area (Å²) < 4.78 is 21.9. The van der Waals surface area contributed by atoms with Gasteiger partial charge in [-0.05, 0) is 251 Å². The number of aliphatic hydroxyl groups excluding tert-OH is 1. The van der Waals surface area contributed by atoms with Crippen LogP contribution < -0.4 is 43.2 Å². The number of rotatable bonds is 24. The summed E-state index contributed by atoms with van der Waals surface area (Å²) in [7, 11) is 1.86. The van der Waals surface area contributed by atoms with Gasteiger partial charge < -0.3 is 18.8 Å². The van der Waals surface area contributed by atoms with Crippen molar-refractivity contribution in [3.05, 3.63) is 333 Å². The third kappa shape index (κ3) is 33.4. The zero-order valence-electron chi connectivity index (χ0n) is 86.7. The third-order valence-corrected chi connectivity index (χ3v) is 24.0. The highest BCUT2D eigenvalue weighted by Gasteiger charge is 2.26. The first-order valence-corrected chi connectivity index (χ1v) is 50.6. The van der Waals surface area contributed by atoms with Gasteiger partial charge >= 0.3 is 6.01 Å². The Labute approximate surface area is 837 Å². The van der Waals surface area contributed by atoms with Crippen LogP contribution in [0.1, 0.15) is 224 Å². The number of anilines is 2. The van der Waals surface area contributed by atoms with Gasteiger partial charge in [-0.25, -0.2) is 34.5 Å². The number of aryl methyl sites for hydroxylation is 10. The normalized spacial score (nSPS) is 12.8. The predicted molar refractivity (Wildman–Crippen MR) is 567 cm³/mol. The van der Waals surface area contributed by atoms with E-state index in [1.54, 1.807) is 80.9 Å². The summed E-state index contributed by atoms with van der Waals surface area (Å²) in [4.78, 5) is 122. The summed E-state index contributed by atoms with van der Waals surface area (Å²) >= 11 is 9.10. The van der Waals surface area contributed by atoms with Crippen LogP contribution in [-0.2, 0) is 63.2 Å². The summed E-state index contributed by atoms with van der Waals surface area (Å²) in [6.07, 6.45) is 26.4. The van der Waals surface area contributed by atoms with Crippen LogP contribution in [-0.4, -0.2) is 109 Å². The Hall–Kier alpha value is -12.4. The lowest BCUT2D eigenvalue weighted by Crippen LogP contribution is -2.25. The van der Waals surface area contributed by atoms with E-state index in [0.717, 1.165) is 178 Å². The van der Waals surface area contributed by atoms with Crippen LogP contribution in [0.5, 0.6) is 0 Å². The van der Waals surface area contributed by atoms with Crippen LogP contribution in [0.3, 0.4) is 0 Å². The average Bonchev–Trinajstić information content (AvgIpc) is 1.67. The van der Waals surface area contributed by atoms with Crippen LogP contribution >= 0.6 is 34.3 Å². The molecule has 16 heterocycles. The zero-order chi connectivity index (χ0) is 103. The Morgan fingerprint density at radius 3 is 1.29 bits per heavy atom. The molecule has 16 rings (SSSR count). The van der Waals surface area contributed by atoms with Crippen molar-refractivity contribution in [2.24, 2.45) is 54.4 Å². The fraction of sp³-hybridized carbons (Fsp3) is 0.445. The van der Waals surface area contributed by atoms with Crippen molar-refractivity contribution >= 4 is 51.8 Å². The number of β-amino-alcohol motifs (C(OH)–C–C–N with tert-alkyl or cyclic N) is 1. The largest absolute Gasteiger partial charge is 0.431 e. The first-order valence-electron chi connectivity index (χ1n) is 48.6. The number of amides is 1. The van der Waals surface area contributed by atoms with Crippen molar-refractivity contribution in [3.63, 3.8) is 0 Å². The van der Waals surface area contributed by atoms with E-state index in [9.17, 15) is 38.7 Å². The minimum Gasteiger partial charge on any atom is -0.431 e. The average molecular weight is 1960 g/mol. The molecule has 0 spiro atoms. The second-order valence-electron chi connectivity index (χ2n) is 39.5. The molecule has 27 nitrogen and oxygen atoms in total. The van der Waals surface area contributed by atoms with Gasteiger partial charge in [0.1, 0.15) is 29.4 Å². The van der Waals surface area contributed by atoms with Crippen LogP contribution in [0, 0.1) is 110 Å². The number of carbonyl (C=O) groups excluding carboxylic acids is 1. The standard InChI is InChI=1S/C15H18N2O.C14H19N3O.C14H18N2O2.C14H22N2O.C14H20N2O.C13H15ClN2OS.C13H16N2O2.C13H16N2OS/c1-11(2)10-13-7-5-9-17(15(13)18)14-8-4-6-12(3)16-14;1-10(2)8-12-6-5-7-17(14(12)18)13-11(3)9-16(4)15-13;1-9(2)8-12-6-5-7-16(13(12)17)14-10(3)15-11(4)18-14;1-10(2)6-12-7-11(3)15-14(8-12)16-5-4-13(17)9-16;1-10(2)7-12-8-11(3)15-13(9-12)16-6-4-5-14(16)17;1-8(2)4-10-5-11(14)7-16(12(10)17)13-15-6-9(3)18-13;1-9(2)7-11-5-4-6-15(12(11)16)13-14-10(3)8-17-13;1-9(2)7-11-5-4-6-15(12(11)16)13-14-8-10(3)17-13/h4-9,11H,10H2,1-3H3;5-7,9-10H,8H2,1-4H3;5-7,9H,8H2,1-4H3;7-8,10,13,17H,4-6,9H2,1-3H3;8-10H,4-7H2,1-3H3;5-8H,4H2,1-3H3;2*4-6,8-9H,7H2,1-3H3/t;;;13-;;;;/m...0..../s1. The Balaban J connectivity index is 0.000000179. The highest BCUT2D eigenvalue weighted by Crippen LogP contribution is 2.27. The molecule has 2 saturated heterocycles. The van der Waals surface area contributed by atoms with Crippen molar-refractivity contribution in [2.45, 2.75) is 250 Å². The molecule has 1 N–H and O–H groups in total. The first kappa shape index (κ1) is 111. The lowest BCUT2D eigenvalue weighted by Gasteiger charge is -2.18. The molecule has 0 radical (unpaired) electrons. The number of nitrogens with zero attached hydrogens (tertiary/aromatic N) is 17. The topological polar surface area (TPSA) is 310 Å². The zero-order valence-corrected chi connectivity index (χ0v) is 89.1. The molecule has 14 aromatic rings. The van der Waals surface area contributed by atoms with Crippen molar-refractivity contribution in [2.75, 3.05) is 29.4 Å². The van der Waals surface area contributed by atoms with Crippen molar-refractivity contribution in [3.8, 4) is 33.8 Å². The van der Waals surface area contributed by atoms with E-state index in [1.165, 1.54) is 53.8 Å². The third-order valence-electron chi connectivity index (χ3n) is 22.0. The molecule has 140 heavy (non-hydrogen) atoms. The van der Waals surface area contributed by atoms with E-state index in [1.807, 2.05) is 152 Å². The quantitative estimate of drug-likeness (QED) is 0.0587. The Morgan fingerprint density at radius 1 is 0.429 bits per heavy atom. The molecule has 2 fully saturated rings. The highest BCUT2D eigenvalue weighted by atomic mass is 35.5. The van der Waals surface area contributed by atoms with Crippen molar-refractivity contribution in [1.29, 1.82) is 0 Å². The van der Waals surface area contributed by atoms with Gasteiger partial charge in [0.2, 0.25) is 11.8 Å². The van der Waals surface area contributed by atoms with E-state index >= 15 is 0 Å². The summed E-state index contributed by atoms with van der Waals surface area (Å²) in [5.41, 5.74) is 13.0. The van der Waals surface area contributed by atoms with Crippen LogP contribution in [0.15, 0.2) is 209 Å². The Kier molecular flexibility index (Phi) is 41.9. The maximum Gasteiger partial charge on any atom is 0.308 e. The van der Waals surface area contributed by atoms with Crippen LogP contribution in [0.4, 0.5) is 11.6 Å². The number of halogens is 1. The van der Waals surface area contributed by atoms with Gasteiger partial charge in [0.15, 0.2) is 22.0 Å². The molecule has 748 valence electrons. The molecule has 2 aliphatic heterocycles. The summed E-state index contributed by atoms with van der Waals surface area (Å²) in [5, 5.41) is 15.9. The summed E-state index contributed by atoms with van der Waals surface area (Å²) in [6.45, 7) is 53.9. The van der Waals surface area contributed by atoms with Gasteiger partial charge in [-0.15, -0.1) is 22.7 Å². The molecule has 14 aromatic heterocycles. The van der Waals surface area contributed by atoms with E-state index in [4.69, 9.17) is 20.4 Å². The SMILES string of the molecule is Cc1cc(CC(C)C)cc(N2CCCC2=O)n1.Cc1cc(CC(C)C)cc(N2CC[C@H](O)C2)n1.Cc1cccc(-n2cccc(CC(C)C)c2=O)n1.Cc1cn(C)nc1-n1cccc(CC(C)C)c1=O.Cc1cnc(-n2cc(Cl)cc(CC(C)C)c2=O)s1.Cc1cnc(-n2cccc(CC(C)C)c2=O)s1.Cc1coc(-n2cccc(CC(C)C)c2=O)n1.Cc1nc(C)c(-n2cccc(CC(C)C)c2=O)o1. The number of hydrogen-bond donors (Lipinski definition) is 1. The minimum atomic E-state index is -0.189. The molecule has 0 unspecified atom stereocenters. The molecule has 1 amide bonds. The van der Waals surface area contributed by atoms with Crippen molar-refractivity contribution in [1.82, 2.24) is 72.1 Å². The molecule has 0 bridgehead atoms. The molecular weight excluding hydrogens is 1820 g/mol. The summed E-state index contributed by atoms with van der Waals surface area (Å²) in [6, 6.07) is 35.2. The van der Waals surface area contributed by atoms with Crippen LogP contribution in [0.2, 0.25) is 5.02 Å². The van der Waals surface area contributed by atoms with Gasteiger partial charge in [-0.2, -0.15) is 10.1 Å². The fourth-order valence-corrected chi connectivity index (χ4v) is 17.9. The number of aliphatic hydroxyl groups is 1. The number of oxazole rings is 2. The van der Waals surface area contributed by atoms with Gasteiger partial charge in [0, 0.05) is 162 Å². The lowest BCUT2D eigenvalue weighted by molar-refractivity contribution is -0.117. The second kappa shape index (κ2) is 52.7. The lowest BCUT2D eigenvalue weighted by atomic mass is 10.0. The molecule has 0 aromatic carbocycles. The second-order valence-corrected chi connectivity index (χ2v) is 42.4. The highest BCUT2D eigenvalue weighted by molar-refractivity contribution is 7.14. The summed E-state index contributed by atoms with van der Waals surface area (Å²) in [5.74, 6) is 8.59. The minimum absolute atomic E-state index is 0.0227. The van der Waals surface area contributed by atoms with E-state index in [2.05, 4.69) is 180 Å². The van der Waals surface area contributed by atoms with E-state index < -0.39 is 0 Å². The number of aromatic nitrogens is 15. The van der Waals surface area contributed by atoms with Gasteiger partial charge in [0.25, 0.3) is 33.4 Å². The number of carbonyl (C=O) groups is 1.